The van der Waals surface area contributed by atoms with Crippen LogP contribution in [0.3, 0.4) is 0 Å². The highest BCUT2D eigenvalue weighted by Crippen LogP contribution is 2.46. The molecule has 0 spiro atoms. The first-order chi connectivity index (χ1) is 13.4. The summed E-state index contributed by atoms with van der Waals surface area (Å²) >= 11 is 0. The molecular weight excluding hydrogens is 382 g/mol. The molecule has 29 heavy (non-hydrogen) atoms. The number of carbonyl (C=O) groups excluding carboxylic acids is 1. The van der Waals surface area contributed by atoms with Gasteiger partial charge in [-0.25, -0.2) is 4.79 Å². The third kappa shape index (κ3) is 4.82. The molecule has 0 radical (unpaired) electrons. The van der Waals surface area contributed by atoms with Crippen LogP contribution in [-0.4, -0.2) is 44.4 Å². The van der Waals surface area contributed by atoms with Crippen molar-refractivity contribution in [3.8, 4) is 0 Å². The zero-order chi connectivity index (χ0) is 21.4. The molecule has 3 rings (SSSR count). The summed E-state index contributed by atoms with van der Waals surface area (Å²) < 4.78 is 18.3. The van der Waals surface area contributed by atoms with E-state index in [4.69, 9.17) is 13.9 Å². The van der Waals surface area contributed by atoms with Crippen LogP contribution in [0.2, 0.25) is 19.6 Å². The lowest BCUT2D eigenvalue weighted by atomic mass is 9.96. The predicted molar refractivity (Wildman–Crippen MR) is 118 cm³/mol. The van der Waals surface area contributed by atoms with Crippen LogP contribution in [0.1, 0.15) is 38.8 Å². The zero-order valence-electron chi connectivity index (χ0n) is 18.6. The Morgan fingerprint density at radius 1 is 1.10 bits per heavy atom. The zero-order valence-corrected chi connectivity index (χ0v) is 19.6. The predicted octanol–water partition coefficient (Wildman–Crippen LogP) is 5.72. The highest BCUT2D eigenvalue weighted by atomic mass is 28.4. The molecular formula is C23H33NO4Si. The van der Waals surface area contributed by atoms with Crippen molar-refractivity contribution in [2.75, 3.05) is 13.7 Å². The van der Waals surface area contributed by atoms with Crippen LogP contribution in [0.5, 0.6) is 0 Å². The first-order valence-corrected chi connectivity index (χ1v) is 13.6. The van der Waals surface area contributed by atoms with Crippen LogP contribution >= 0.6 is 0 Å². The maximum absolute atomic E-state index is 13.1. The van der Waals surface area contributed by atoms with Crippen molar-refractivity contribution in [1.82, 2.24) is 4.90 Å². The first kappa shape index (κ1) is 21.8. The fourth-order valence-electron chi connectivity index (χ4n) is 3.99. The Bertz CT molecular complexity index is 886. The molecule has 158 valence electrons. The Morgan fingerprint density at radius 3 is 2.34 bits per heavy atom. The number of hydrogen-bond acceptors (Lipinski definition) is 4. The molecule has 2 aromatic carbocycles. The van der Waals surface area contributed by atoms with E-state index in [0.29, 0.717) is 13.0 Å². The number of nitrogens with zero attached hydrogens (tertiary/aromatic N) is 1. The topological polar surface area (TPSA) is 48.0 Å². The van der Waals surface area contributed by atoms with E-state index in [0.717, 1.165) is 16.3 Å². The van der Waals surface area contributed by atoms with Crippen molar-refractivity contribution in [1.29, 1.82) is 0 Å². The van der Waals surface area contributed by atoms with E-state index in [1.807, 2.05) is 32.9 Å². The van der Waals surface area contributed by atoms with Gasteiger partial charge in [-0.1, -0.05) is 36.4 Å². The molecule has 1 fully saturated rings. The molecule has 2 aromatic rings. The quantitative estimate of drug-likeness (QED) is 0.474. The second kappa shape index (κ2) is 7.74. The van der Waals surface area contributed by atoms with Crippen molar-refractivity contribution in [2.45, 2.75) is 64.3 Å². The summed E-state index contributed by atoms with van der Waals surface area (Å²) in [6.45, 7) is 12.6. The van der Waals surface area contributed by atoms with Crippen LogP contribution in [0.15, 0.2) is 42.5 Å². The summed E-state index contributed by atoms with van der Waals surface area (Å²) in [7, 11) is -0.286. The molecule has 5 nitrogen and oxygen atoms in total. The Labute approximate surface area is 175 Å². The van der Waals surface area contributed by atoms with Gasteiger partial charge in [-0.05, 0) is 62.8 Å². The minimum Gasteiger partial charge on any atom is -0.444 e. The molecule has 1 aliphatic rings. The smallest absolute Gasteiger partial charge is 0.410 e. The highest BCUT2D eigenvalue weighted by molar-refractivity contribution is 6.69. The lowest BCUT2D eigenvalue weighted by Crippen LogP contribution is -2.49. The SMILES string of the molecule is COC1(O[Si](C)(C)C)CCN(C(=O)OC(C)(C)C)C1c1ccc2ccccc2c1. The second-order valence-electron chi connectivity index (χ2n) is 9.66. The Kier molecular flexibility index (Phi) is 5.82. The number of carbonyl (C=O) groups is 1. The Balaban J connectivity index is 2.09. The molecule has 0 bridgehead atoms. The van der Waals surface area contributed by atoms with Gasteiger partial charge in [0.05, 0.1) is 0 Å². The lowest BCUT2D eigenvalue weighted by molar-refractivity contribution is -0.185. The molecule has 0 aliphatic carbocycles. The number of benzene rings is 2. The lowest BCUT2D eigenvalue weighted by Gasteiger charge is -2.41. The van der Waals surface area contributed by atoms with E-state index in [-0.39, 0.29) is 12.1 Å². The molecule has 1 heterocycles. The summed E-state index contributed by atoms with van der Waals surface area (Å²) in [5.41, 5.74) is 0.426. The van der Waals surface area contributed by atoms with Crippen molar-refractivity contribution in [3.63, 3.8) is 0 Å². The van der Waals surface area contributed by atoms with Gasteiger partial charge in [0, 0.05) is 20.1 Å². The molecule has 1 aliphatic heterocycles. The van der Waals surface area contributed by atoms with E-state index >= 15 is 0 Å². The van der Waals surface area contributed by atoms with E-state index in [1.54, 1.807) is 12.0 Å². The third-order valence-corrected chi connectivity index (χ3v) is 5.93. The average molecular weight is 416 g/mol. The number of methoxy groups -OCH3 is 1. The van der Waals surface area contributed by atoms with Gasteiger partial charge in [0.25, 0.3) is 0 Å². The van der Waals surface area contributed by atoms with Crippen molar-refractivity contribution in [3.05, 3.63) is 48.0 Å². The molecule has 0 aromatic heterocycles. The van der Waals surface area contributed by atoms with E-state index < -0.39 is 19.7 Å². The summed E-state index contributed by atoms with van der Waals surface area (Å²) in [5, 5.41) is 2.28. The Morgan fingerprint density at radius 2 is 1.76 bits per heavy atom. The summed E-state index contributed by atoms with van der Waals surface area (Å²) in [4.78, 5) is 14.8. The van der Waals surface area contributed by atoms with Gasteiger partial charge in [0.2, 0.25) is 0 Å². The molecule has 1 amide bonds. The highest BCUT2D eigenvalue weighted by Gasteiger charge is 2.54. The number of fused-ring (bicyclic) bond motifs is 1. The van der Waals surface area contributed by atoms with Crippen LogP contribution in [0, 0.1) is 0 Å². The maximum Gasteiger partial charge on any atom is 0.410 e. The van der Waals surface area contributed by atoms with Crippen LogP contribution in [0.25, 0.3) is 10.8 Å². The van der Waals surface area contributed by atoms with E-state index in [1.165, 1.54) is 0 Å². The molecule has 2 unspecified atom stereocenters. The largest absolute Gasteiger partial charge is 0.444 e. The fraction of sp³-hybridized carbons (Fsp3) is 0.522. The second-order valence-corrected chi connectivity index (χ2v) is 14.1. The number of amides is 1. The van der Waals surface area contributed by atoms with Gasteiger partial charge < -0.3 is 13.9 Å². The molecule has 0 saturated carbocycles. The minimum atomic E-state index is -1.96. The summed E-state index contributed by atoms with van der Waals surface area (Å²) in [6, 6.07) is 14.1. The number of hydrogen-bond donors (Lipinski definition) is 0. The fourth-order valence-corrected chi connectivity index (χ4v) is 5.32. The summed E-state index contributed by atoms with van der Waals surface area (Å²) in [6.07, 6.45) is 0.263. The Hall–Kier alpha value is -1.89. The van der Waals surface area contributed by atoms with Crippen LogP contribution in [0.4, 0.5) is 4.79 Å². The van der Waals surface area contributed by atoms with Crippen molar-refractivity contribution < 1.29 is 18.7 Å². The van der Waals surface area contributed by atoms with Gasteiger partial charge in [0.1, 0.15) is 11.6 Å². The summed E-state index contributed by atoms with van der Waals surface area (Å²) in [5.74, 6) is -0.885. The standard InChI is InChI=1S/C23H33NO4Si/c1-22(2,3)27-21(25)24-15-14-23(26-4,28-29(5,6)7)20(24)19-13-12-17-10-8-9-11-18(17)16-19/h8-13,16,20H,14-15H2,1-7H3. The molecule has 6 heteroatoms. The first-order valence-electron chi connectivity index (χ1n) is 10.2. The van der Waals surface area contributed by atoms with E-state index in [2.05, 4.69) is 50.0 Å². The van der Waals surface area contributed by atoms with Gasteiger partial charge in [0.15, 0.2) is 14.1 Å². The van der Waals surface area contributed by atoms with Gasteiger partial charge >= 0.3 is 6.09 Å². The monoisotopic (exact) mass is 415 g/mol. The van der Waals surface area contributed by atoms with Gasteiger partial charge in [-0.3, -0.25) is 4.90 Å². The van der Waals surface area contributed by atoms with Gasteiger partial charge in [-0.15, -0.1) is 0 Å². The average Bonchev–Trinajstić information content (AvgIpc) is 2.98. The van der Waals surface area contributed by atoms with Crippen molar-refractivity contribution in [2.24, 2.45) is 0 Å². The molecule has 1 saturated heterocycles. The van der Waals surface area contributed by atoms with Gasteiger partial charge in [-0.2, -0.15) is 0 Å². The van der Waals surface area contributed by atoms with Crippen molar-refractivity contribution >= 4 is 25.2 Å². The number of rotatable bonds is 4. The molecule has 0 N–H and O–H groups in total. The number of likely N-dealkylation sites (tertiary alicyclic amines) is 1. The molecule has 2 atom stereocenters. The van der Waals surface area contributed by atoms with Crippen LogP contribution < -0.4 is 0 Å². The number of ether oxygens (including phenoxy) is 2. The normalized spacial score (nSPS) is 22.9. The minimum absolute atomic E-state index is 0.339. The third-order valence-electron chi connectivity index (χ3n) is 4.97. The maximum atomic E-state index is 13.1. The van der Waals surface area contributed by atoms with Crippen LogP contribution in [-0.2, 0) is 13.9 Å². The van der Waals surface area contributed by atoms with E-state index in [9.17, 15) is 4.79 Å².